The number of rotatable bonds is 3. The highest BCUT2D eigenvalue weighted by Gasteiger charge is 2.11. The van der Waals surface area contributed by atoms with Gasteiger partial charge in [-0.25, -0.2) is 9.78 Å². The molecule has 0 aliphatic rings. The van der Waals surface area contributed by atoms with Crippen molar-refractivity contribution in [1.29, 1.82) is 0 Å². The fourth-order valence-electron chi connectivity index (χ4n) is 0.684. The zero-order valence-electron chi connectivity index (χ0n) is 6.00. The van der Waals surface area contributed by atoms with E-state index in [1.807, 2.05) is 6.92 Å². The molecule has 4 nitrogen and oxygen atoms in total. The highest BCUT2D eigenvalue weighted by Crippen LogP contribution is 2.19. The van der Waals surface area contributed by atoms with Crippen LogP contribution in [-0.2, 0) is 0 Å². The summed E-state index contributed by atoms with van der Waals surface area (Å²) in [6, 6.07) is 0. The standard InChI is InChI=1S/C6H8N2O2S/c1-2-7-5-4(6(9)10)8-3-11-5/h3,7H,2H2,1H3,(H,9,10). The van der Waals surface area contributed by atoms with Crippen LogP contribution in [0.25, 0.3) is 0 Å². The van der Waals surface area contributed by atoms with Crippen molar-refractivity contribution in [1.82, 2.24) is 4.98 Å². The average Bonchev–Trinajstić information content (AvgIpc) is 2.36. The summed E-state index contributed by atoms with van der Waals surface area (Å²) in [4.78, 5) is 14.2. The summed E-state index contributed by atoms with van der Waals surface area (Å²) in [6.07, 6.45) is 0. The number of carboxylic acids is 1. The molecule has 0 spiro atoms. The van der Waals surface area contributed by atoms with Crippen LogP contribution in [0.1, 0.15) is 17.4 Å². The molecular weight excluding hydrogens is 164 g/mol. The summed E-state index contributed by atoms with van der Waals surface area (Å²) in [6.45, 7) is 2.62. The first-order valence-corrected chi connectivity index (χ1v) is 4.04. The number of aromatic nitrogens is 1. The molecule has 0 aliphatic heterocycles. The Bertz CT molecular complexity index is 259. The fraction of sp³-hybridized carbons (Fsp3) is 0.333. The predicted molar refractivity (Wildman–Crippen MR) is 43.2 cm³/mol. The lowest BCUT2D eigenvalue weighted by Crippen LogP contribution is -2.03. The fourth-order valence-corrected chi connectivity index (χ4v) is 1.43. The Labute approximate surface area is 67.9 Å². The molecule has 1 aromatic rings. The summed E-state index contributed by atoms with van der Waals surface area (Å²) >= 11 is 1.30. The minimum atomic E-state index is -0.984. The first-order valence-electron chi connectivity index (χ1n) is 3.16. The number of hydrogen-bond acceptors (Lipinski definition) is 4. The van der Waals surface area contributed by atoms with Crippen LogP contribution in [0.15, 0.2) is 5.51 Å². The summed E-state index contributed by atoms with van der Waals surface area (Å²) in [5.74, 6) is -0.984. The van der Waals surface area contributed by atoms with E-state index in [0.717, 1.165) is 0 Å². The maximum absolute atomic E-state index is 10.5. The Hall–Kier alpha value is -1.10. The van der Waals surface area contributed by atoms with Gasteiger partial charge in [-0.2, -0.15) is 0 Å². The first-order chi connectivity index (χ1) is 5.25. The number of nitrogens with one attached hydrogen (secondary N) is 1. The van der Waals surface area contributed by atoms with Crippen LogP contribution in [-0.4, -0.2) is 22.6 Å². The van der Waals surface area contributed by atoms with Crippen molar-refractivity contribution in [3.8, 4) is 0 Å². The van der Waals surface area contributed by atoms with E-state index >= 15 is 0 Å². The molecule has 11 heavy (non-hydrogen) atoms. The highest BCUT2D eigenvalue weighted by atomic mass is 32.1. The normalized spacial score (nSPS) is 9.55. The molecular formula is C6H8N2O2S. The van der Waals surface area contributed by atoms with Crippen molar-refractivity contribution >= 4 is 22.3 Å². The molecule has 1 heterocycles. The van der Waals surface area contributed by atoms with Gasteiger partial charge in [-0.15, -0.1) is 11.3 Å². The van der Waals surface area contributed by atoms with Gasteiger partial charge in [-0.05, 0) is 6.92 Å². The smallest absolute Gasteiger partial charge is 0.357 e. The SMILES string of the molecule is CCNc1scnc1C(=O)O. The van der Waals surface area contributed by atoms with Crippen LogP contribution in [0.4, 0.5) is 5.00 Å². The Kier molecular flexibility index (Phi) is 2.43. The zero-order chi connectivity index (χ0) is 8.27. The first kappa shape index (κ1) is 8.00. The monoisotopic (exact) mass is 172 g/mol. The van der Waals surface area contributed by atoms with Crippen LogP contribution < -0.4 is 5.32 Å². The van der Waals surface area contributed by atoms with E-state index in [1.165, 1.54) is 16.8 Å². The van der Waals surface area contributed by atoms with Gasteiger partial charge in [0.15, 0.2) is 5.69 Å². The van der Waals surface area contributed by atoms with Gasteiger partial charge >= 0.3 is 5.97 Å². The Morgan fingerprint density at radius 1 is 1.91 bits per heavy atom. The third-order valence-electron chi connectivity index (χ3n) is 1.11. The van der Waals surface area contributed by atoms with E-state index in [1.54, 1.807) is 0 Å². The minimum absolute atomic E-state index is 0.108. The maximum atomic E-state index is 10.5. The number of carboxylic acid groups (broad SMARTS) is 1. The Balaban J connectivity index is 2.87. The highest BCUT2D eigenvalue weighted by molar-refractivity contribution is 7.14. The van der Waals surface area contributed by atoms with E-state index in [4.69, 9.17) is 5.11 Å². The minimum Gasteiger partial charge on any atom is -0.476 e. The number of nitrogens with zero attached hydrogens (tertiary/aromatic N) is 1. The third kappa shape index (κ3) is 1.68. The van der Waals surface area contributed by atoms with Gasteiger partial charge in [-0.1, -0.05) is 0 Å². The summed E-state index contributed by atoms with van der Waals surface area (Å²) < 4.78 is 0. The number of hydrogen-bond donors (Lipinski definition) is 2. The van der Waals surface area contributed by atoms with Crippen LogP contribution in [0, 0.1) is 0 Å². The van der Waals surface area contributed by atoms with Gasteiger partial charge in [0.05, 0.1) is 5.51 Å². The molecule has 0 saturated carbocycles. The van der Waals surface area contributed by atoms with Crippen molar-refractivity contribution in [3.05, 3.63) is 11.2 Å². The molecule has 1 rings (SSSR count). The number of carbonyl (C=O) groups is 1. The topological polar surface area (TPSA) is 62.2 Å². The van der Waals surface area contributed by atoms with Crippen LogP contribution in [0.3, 0.4) is 0 Å². The molecule has 0 unspecified atom stereocenters. The van der Waals surface area contributed by atoms with Crippen molar-refractivity contribution in [2.75, 3.05) is 11.9 Å². The summed E-state index contributed by atoms with van der Waals surface area (Å²) in [5, 5.41) is 12.1. The van der Waals surface area contributed by atoms with E-state index in [0.29, 0.717) is 11.5 Å². The summed E-state index contributed by atoms with van der Waals surface area (Å²) in [5.41, 5.74) is 1.62. The predicted octanol–water partition coefficient (Wildman–Crippen LogP) is 1.27. The molecule has 0 fully saturated rings. The molecule has 5 heteroatoms. The lowest BCUT2D eigenvalue weighted by Gasteiger charge is -1.97. The molecule has 0 bridgehead atoms. The van der Waals surface area contributed by atoms with Crippen LogP contribution >= 0.6 is 11.3 Å². The average molecular weight is 172 g/mol. The second-order valence-corrected chi connectivity index (χ2v) is 2.72. The van der Waals surface area contributed by atoms with Gasteiger partial charge in [0, 0.05) is 6.54 Å². The zero-order valence-corrected chi connectivity index (χ0v) is 6.81. The lowest BCUT2D eigenvalue weighted by atomic mass is 10.4. The van der Waals surface area contributed by atoms with Gasteiger partial charge < -0.3 is 10.4 Å². The van der Waals surface area contributed by atoms with Crippen molar-refractivity contribution < 1.29 is 9.90 Å². The van der Waals surface area contributed by atoms with Gasteiger partial charge in [-0.3, -0.25) is 0 Å². The van der Waals surface area contributed by atoms with E-state index in [9.17, 15) is 4.79 Å². The van der Waals surface area contributed by atoms with Gasteiger partial charge in [0.2, 0.25) is 0 Å². The van der Waals surface area contributed by atoms with E-state index in [-0.39, 0.29) is 5.69 Å². The summed E-state index contributed by atoms with van der Waals surface area (Å²) in [7, 11) is 0. The van der Waals surface area contributed by atoms with E-state index < -0.39 is 5.97 Å². The second kappa shape index (κ2) is 3.34. The number of thiazole rings is 1. The largest absolute Gasteiger partial charge is 0.476 e. The maximum Gasteiger partial charge on any atom is 0.357 e. The second-order valence-electron chi connectivity index (χ2n) is 1.87. The lowest BCUT2D eigenvalue weighted by molar-refractivity contribution is 0.0692. The third-order valence-corrected chi connectivity index (χ3v) is 1.89. The quantitative estimate of drug-likeness (QED) is 0.720. The number of anilines is 1. The molecule has 2 N–H and O–H groups in total. The molecule has 0 saturated heterocycles. The Morgan fingerprint density at radius 2 is 2.64 bits per heavy atom. The Morgan fingerprint density at radius 3 is 3.18 bits per heavy atom. The van der Waals surface area contributed by atoms with Gasteiger partial charge in [0.1, 0.15) is 5.00 Å². The molecule has 0 radical (unpaired) electrons. The number of aromatic carboxylic acids is 1. The molecule has 0 aromatic carbocycles. The molecule has 1 aromatic heterocycles. The van der Waals surface area contributed by atoms with Crippen molar-refractivity contribution in [2.45, 2.75) is 6.92 Å². The van der Waals surface area contributed by atoms with Gasteiger partial charge in [0.25, 0.3) is 0 Å². The van der Waals surface area contributed by atoms with Crippen LogP contribution in [0.2, 0.25) is 0 Å². The molecule has 0 amide bonds. The molecule has 0 atom stereocenters. The molecule has 60 valence electrons. The van der Waals surface area contributed by atoms with Crippen LogP contribution in [0.5, 0.6) is 0 Å². The molecule has 0 aliphatic carbocycles. The van der Waals surface area contributed by atoms with Crippen molar-refractivity contribution in [2.24, 2.45) is 0 Å². The van der Waals surface area contributed by atoms with E-state index in [2.05, 4.69) is 10.3 Å². The van der Waals surface area contributed by atoms with Crippen molar-refractivity contribution in [3.63, 3.8) is 0 Å².